The van der Waals surface area contributed by atoms with Crippen LogP contribution in [0.15, 0.2) is 48.7 Å². The molecular weight excluding hydrogens is 318 g/mol. The van der Waals surface area contributed by atoms with E-state index in [1.807, 2.05) is 44.2 Å². The van der Waals surface area contributed by atoms with Crippen molar-refractivity contribution in [3.8, 4) is 5.69 Å². The van der Waals surface area contributed by atoms with Crippen molar-refractivity contribution < 1.29 is 14.3 Å². The van der Waals surface area contributed by atoms with Gasteiger partial charge in [-0.15, -0.1) is 0 Å². The minimum atomic E-state index is -0.405. The second-order valence-electron chi connectivity index (χ2n) is 5.82. The van der Waals surface area contributed by atoms with Gasteiger partial charge < -0.3 is 10.1 Å². The number of amides is 1. The van der Waals surface area contributed by atoms with Crippen LogP contribution in [-0.2, 0) is 9.53 Å². The molecule has 0 saturated heterocycles. The Morgan fingerprint density at radius 1 is 1.28 bits per heavy atom. The molecule has 6 nitrogen and oxygen atoms in total. The fourth-order valence-corrected chi connectivity index (χ4v) is 2.48. The zero-order chi connectivity index (χ0) is 18.2. The van der Waals surface area contributed by atoms with Gasteiger partial charge in [0.05, 0.1) is 30.3 Å². The molecule has 0 radical (unpaired) electrons. The van der Waals surface area contributed by atoms with Crippen molar-refractivity contribution in [2.75, 3.05) is 13.7 Å². The standard InChI is InChI=1S/C19H23N3O3/c1-14(2)18-16(13-21-22(18)15-9-5-4-6-10-15)19(24)20-12-8-7-11-17(23)25-3/h4-7,9-11,13-14H,8,12H2,1-3H3,(H,20,24)/b11-7+. The first kappa shape index (κ1) is 18.4. The van der Waals surface area contributed by atoms with Crippen LogP contribution in [0.25, 0.3) is 5.69 Å². The quantitative estimate of drug-likeness (QED) is 0.477. The van der Waals surface area contributed by atoms with Crippen molar-refractivity contribution in [1.29, 1.82) is 0 Å². The first-order chi connectivity index (χ1) is 12.0. The molecule has 1 aromatic carbocycles. The van der Waals surface area contributed by atoms with Gasteiger partial charge in [-0.1, -0.05) is 38.1 Å². The van der Waals surface area contributed by atoms with E-state index in [4.69, 9.17) is 0 Å². The average molecular weight is 341 g/mol. The molecular formula is C19H23N3O3. The van der Waals surface area contributed by atoms with Crippen molar-refractivity contribution in [2.45, 2.75) is 26.2 Å². The zero-order valence-electron chi connectivity index (χ0n) is 14.7. The Balaban J connectivity index is 2.09. The van der Waals surface area contributed by atoms with Gasteiger partial charge in [0.15, 0.2) is 0 Å². The number of ether oxygens (including phenoxy) is 1. The maximum Gasteiger partial charge on any atom is 0.330 e. The molecule has 0 saturated carbocycles. The SMILES string of the molecule is COC(=O)/C=C/CCNC(=O)c1cnn(-c2ccccc2)c1C(C)C. The number of para-hydroxylation sites is 1. The summed E-state index contributed by atoms with van der Waals surface area (Å²) in [6, 6.07) is 9.73. The molecule has 25 heavy (non-hydrogen) atoms. The van der Waals surface area contributed by atoms with Crippen molar-refractivity contribution in [3.63, 3.8) is 0 Å². The Morgan fingerprint density at radius 2 is 2.00 bits per heavy atom. The molecule has 0 aliphatic heterocycles. The maximum atomic E-state index is 12.5. The van der Waals surface area contributed by atoms with E-state index in [0.29, 0.717) is 18.5 Å². The summed E-state index contributed by atoms with van der Waals surface area (Å²) in [7, 11) is 1.33. The molecule has 6 heteroatoms. The van der Waals surface area contributed by atoms with Crippen LogP contribution >= 0.6 is 0 Å². The summed E-state index contributed by atoms with van der Waals surface area (Å²) in [4.78, 5) is 23.5. The van der Waals surface area contributed by atoms with E-state index in [0.717, 1.165) is 11.4 Å². The van der Waals surface area contributed by atoms with Gasteiger partial charge in [-0.25, -0.2) is 9.48 Å². The van der Waals surface area contributed by atoms with Crippen molar-refractivity contribution >= 4 is 11.9 Å². The summed E-state index contributed by atoms with van der Waals surface area (Å²) in [5.74, 6) is -0.433. The molecule has 1 N–H and O–H groups in total. The number of esters is 1. The topological polar surface area (TPSA) is 73.2 Å². The summed E-state index contributed by atoms with van der Waals surface area (Å²) in [6.07, 6.45) is 5.16. The lowest BCUT2D eigenvalue weighted by Gasteiger charge is -2.12. The summed E-state index contributed by atoms with van der Waals surface area (Å²) in [6.45, 7) is 4.50. The fourth-order valence-electron chi connectivity index (χ4n) is 2.48. The van der Waals surface area contributed by atoms with E-state index < -0.39 is 5.97 Å². The number of hydrogen-bond donors (Lipinski definition) is 1. The number of aromatic nitrogens is 2. The zero-order valence-corrected chi connectivity index (χ0v) is 14.7. The summed E-state index contributed by atoms with van der Waals surface area (Å²) in [5.41, 5.74) is 2.36. The van der Waals surface area contributed by atoms with E-state index in [1.54, 1.807) is 17.0 Å². The van der Waals surface area contributed by atoms with Crippen molar-refractivity contribution in [2.24, 2.45) is 0 Å². The number of nitrogens with zero attached hydrogens (tertiary/aromatic N) is 2. The smallest absolute Gasteiger partial charge is 0.330 e. The summed E-state index contributed by atoms with van der Waals surface area (Å²) < 4.78 is 6.31. The predicted molar refractivity (Wildman–Crippen MR) is 95.8 cm³/mol. The first-order valence-electron chi connectivity index (χ1n) is 8.20. The van der Waals surface area contributed by atoms with Crippen LogP contribution < -0.4 is 5.32 Å². The lowest BCUT2D eigenvalue weighted by molar-refractivity contribution is -0.134. The summed E-state index contributed by atoms with van der Waals surface area (Å²) >= 11 is 0. The fraction of sp³-hybridized carbons (Fsp3) is 0.316. The monoisotopic (exact) mass is 341 g/mol. The number of rotatable bonds is 7. The Bertz CT molecular complexity index is 749. The van der Waals surface area contributed by atoms with Gasteiger partial charge in [-0.2, -0.15) is 5.10 Å². The average Bonchev–Trinajstić information content (AvgIpc) is 3.07. The van der Waals surface area contributed by atoms with E-state index in [2.05, 4.69) is 15.2 Å². The molecule has 1 amide bonds. The summed E-state index contributed by atoms with van der Waals surface area (Å²) in [5, 5.41) is 7.24. The van der Waals surface area contributed by atoms with E-state index >= 15 is 0 Å². The second-order valence-corrected chi connectivity index (χ2v) is 5.82. The molecule has 1 aromatic heterocycles. The van der Waals surface area contributed by atoms with E-state index in [1.165, 1.54) is 13.2 Å². The Morgan fingerprint density at radius 3 is 2.64 bits per heavy atom. The minimum absolute atomic E-state index is 0.141. The second kappa shape index (κ2) is 8.82. The molecule has 132 valence electrons. The number of carbonyl (C=O) groups excluding carboxylic acids is 2. The third-order valence-corrected chi connectivity index (χ3v) is 3.65. The van der Waals surface area contributed by atoms with Gasteiger partial charge in [-0.3, -0.25) is 4.79 Å². The molecule has 0 bridgehead atoms. The van der Waals surface area contributed by atoms with Crippen molar-refractivity contribution in [1.82, 2.24) is 15.1 Å². The highest BCUT2D eigenvalue weighted by molar-refractivity contribution is 5.95. The number of nitrogens with one attached hydrogen (secondary N) is 1. The van der Waals surface area contributed by atoms with Gasteiger partial charge in [0.1, 0.15) is 0 Å². The molecule has 0 aliphatic rings. The lowest BCUT2D eigenvalue weighted by atomic mass is 10.0. The maximum absolute atomic E-state index is 12.5. The molecule has 0 unspecified atom stereocenters. The molecule has 0 aliphatic carbocycles. The van der Waals surface area contributed by atoms with Crippen LogP contribution in [0, 0.1) is 0 Å². The highest BCUT2D eigenvalue weighted by atomic mass is 16.5. The van der Waals surface area contributed by atoms with Crippen LogP contribution in [0.2, 0.25) is 0 Å². The molecule has 0 spiro atoms. The number of methoxy groups -OCH3 is 1. The minimum Gasteiger partial charge on any atom is -0.466 e. The van der Waals surface area contributed by atoms with E-state index in [9.17, 15) is 9.59 Å². The van der Waals surface area contributed by atoms with Crippen LogP contribution in [-0.4, -0.2) is 35.3 Å². The van der Waals surface area contributed by atoms with Gasteiger partial charge in [0, 0.05) is 12.6 Å². The van der Waals surface area contributed by atoms with E-state index in [-0.39, 0.29) is 11.8 Å². The lowest BCUT2D eigenvalue weighted by Crippen LogP contribution is -2.25. The third kappa shape index (κ3) is 4.79. The van der Waals surface area contributed by atoms with Gasteiger partial charge in [-0.05, 0) is 24.5 Å². The Labute approximate surface area is 147 Å². The third-order valence-electron chi connectivity index (χ3n) is 3.65. The largest absolute Gasteiger partial charge is 0.466 e. The molecule has 2 rings (SSSR count). The van der Waals surface area contributed by atoms with Crippen LogP contribution in [0.4, 0.5) is 0 Å². The predicted octanol–water partition coefficient (Wildman–Crippen LogP) is 2.84. The Kier molecular flexibility index (Phi) is 6.51. The van der Waals surface area contributed by atoms with Gasteiger partial charge in [0.2, 0.25) is 0 Å². The molecule has 0 fully saturated rings. The van der Waals surface area contributed by atoms with Gasteiger partial charge in [0.25, 0.3) is 5.91 Å². The van der Waals surface area contributed by atoms with Crippen LogP contribution in [0.5, 0.6) is 0 Å². The normalized spacial score (nSPS) is 11.0. The van der Waals surface area contributed by atoms with Gasteiger partial charge >= 0.3 is 5.97 Å². The Hall–Kier alpha value is -2.89. The number of carbonyl (C=O) groups is 2. The number of hydrogen-bond acceptors (Lipinski definition) is 4. The molecule has 1 heterocycles. The van der Waals surface area contributed by atoms with Crippen LogP contribution in [0.3, 0.4) is 0 Å². The first-order valence-corrected chi connectivity index (χ1v) is 8.20. The molecule has 2 aromatic rings. The van der Waals surface area contributed by atoms with Crippen LogP contribution in [0.1, 0.15) is 42.2 Å². The molecule has 0 atom stereocenters. The van der Waals surface area contributed by atoms with Crippen molar-refractivity contribution in [3.05, 3.63) is 59.9 Å². The number of benzene rings is 1. The highest BCUT2D eigenvalue weighted by Crippen LogP contribution is 2.22. The highest BCUT2D eigenvalue weighted by Gasteiger charge is 2.20.